The molecule has 2 aromatic heterocycles. The van der Waals surface area contributed by atoms with Gasteiger partial charge in [0.25, 0.3) is 0 Å². The Balaban J connectivity index is 2.11. The summed E-state index contributed by atoms with van der Waals surface area (Å²) in [5.74, 6) is 1.32. The lowest BCUT2D eigenvalue weighted by atomic mass is 10.1. The largest absolute Gasteiger partial charge is 0.395 e. The van der Waals surface area contributed by atoms with E-state index in [9.17, 15) is 0 Å². The van der Waals surface area contributed by atoms with E-state index in [1.165, 1.54) is 0 Å². The van der Waals surface area contributed by atoms with Crippen molar-refractivity contribution in [1.82, 2.24) is 14.5 Å². The molecule has 0 bridgehead atoms. The minimum Gasteiger partial charge on any atom is -0.395 e. The van der Waals surface area contributed by atoms with Crippen molar-refractivity contribution in [3.05, 3.63) is 24.2 Å². The zero-order valence-electron chi connectivity index (χ0n) is 9.54. The van der Waals surface area contributed by atoms with Crippen LogP contribution in [0, 0.1) is 0 Å². The topological polar surface area (TPSA) is 60.2 Å². The summed E-state index contributed by atoms with van der Waals surface area (Å²) in [6.45, 7) is 2.15. The van der Waals surface area contributed by atoms with E-state index in [2.05, 4.69) is 9.97 Å². The van der Waals surface area contributed by atoms with Crippen LogP contribution in [0.15, 0.2) is 18.3 Å². The van der Waals surface area contributed by atoms with Crippen LogP contribution in [0.5, 0.6) is 0 Å². The minimum atomic E-state index is 0.0998. The molecule has 1 saturated heterocycles. The smallest absolute Gasteiger partial charge is 0.160 e. The predicted octanol–water partition coefficient (Wildman–Crippen LogP) is 0.927. The number of hydrogen-bond acceptors (Lipinski definition) is 4. The molecule has 3 rings (SSSR count). The Bertz CT molecular complexity index is 517. The van der Waals surface area contributed by atoms with Crippen molar-refractivity contribution in [2.45, 2.75) is 18.9 Å². The molecule has 0 radical (unpaired) electrons. The summed E-state index contributed by atoms with van der Waals surface area (Å²) in [6.07, 6.45) is 2.75. The second-order valence-corrected chi connectivity index (χ2v) is 4.25. The first-order valence-corrected chi connectivity index (χ1v) is 5.90. The number of pyridine rings is 1. The summed E-state index contributed by atoms with van der Waals surface area (Å²) >= 11 is 0. The van der Waals surface area contributed by atoms with E-state index in [1.54, 1.807) is 6.20 Å². The van der Waals surface area contributed by atoms with Crippen molar-refractivity contribution in [3.63, 3.8) is 0 Å². The Morgan fingerprint density at radius 1 is 1.53 bits per heavy atom. The zero-order chi connectivity index (χ0) is 11.7. The molecule has 0 saturated carbocycles. The van der Waals surface area contributed by atoms with Gasteiger partial charge in [-0.15, -0.1) is 0 Å². The fraction of sp³-hybridized carbons (Fsp3) is 0.500. The van der Waals surface area contributed by atoms with Gasteiger partial charge in [-0.05, 0) is 18.6 Å². The summed E-state index contributed by atoms with van der Waals surface area (Å²) in [5.41, 5.74) is 1.74. The highest BCUT2D eigenvalue weighted by atomic mass is 16.5. The van der Waals surface area contributed by atoms with Crippen LogP contribution in [0.25, 0.3) is 11.2 Å². The van der Waals surface area contributed by atoms with E-state index in [4.69, 9.17) is 9.84 Å². The van der Waals surface area contributed by atoms with Gasteiger partial charge in [0.2, 0.25) is 0 Å². The van der Waals surface area contributed by atoms with Crippen LogP contribution in [0.4, 0.5) is 0 Å². The lowest BCUT2D eigenvalue weighted by Gasteiger charge is -2.10. The molecule has 1 aliphatic rings. The van der Waals surface area contributed by atoms with Crippen molar-refractivity contribution in [2.24, 2.45) is 0 Å². The van der Waals surface area contributed by atoms with E-state index in [0.717, 1.165) is 36.6 Å². The van der Waals surface area contributed by atoms with Crippen LogP contribution in [0.3, 0.4) is 0 Å². The molecule has 5 nitrogen and oxygen atoms in total. The normalized spacial score (nSPS) is 20.2. The number of fused-ring (bicyclic) bond motifs is 1. The van der Waals surface area contributed by atoms with Crippen LogP contribution in [-0.2, 0) is 11.3 Å². The van der Waals surface area contributed by atoms with Gasteiger partial charge in [-0.3, -0.25) is 0 Å². The molecule has 1 unspecified atom stereocenters. The second-order valence-electron chi connectivity index (χ2n) is 4.25. The maximum atomic E-state index is 9.16. The van der Waals surface area contributed by atoms with Crippen LogP contribution in [0.1, 0.15) is 18.2 Å². The second kappa shape index (κ2) is 4.43. The quantitative estimate of drug-likeness (QED) is 0.856. The van der Waals surface area contributed by atoms with Gasteiger partial charge in [0, 0.05) is 25.3 Å². The number of hydrogen-bond donors (Lipinski definition) is 1. The van der Waals surface area contributed by atoms with E-state index >= 15 is 0 Å². The molecule has 0 aromatic carbocycles. The molecular formula is C12H15N3O2. The number of aromatic nitrogens is 3. The van der Waals surface area contributed by atoms with Crippen molar-refractivity contribution in [3.8, 4) is 0 Å². The highest BCUT2D eigenvalue weighted by Gasteiger charge is 2.24. The van der Waals surface area contributed by atoms with Crippen molar-refractivity contribution in [2.75, 3.05) is 19.8 Å². The SMILES string of the molecule is OCCn1c(C2CCOC2)nc2cccnc21. The monoisotopic (exact) mass is 233 g/mol. The van der Waals surface area contributed by atoms with Crippen molar-refractivity contribution < 1.29 is 9.84 Å². The predicted molar refractivity (Wildman–Crippen MR) is 62.8 cm³/mol. The lowest BCUT2D eigenvalue weighted by Crippen LogP contribution is -2.12. The number of aliphatic hydroxyl groups is 1. The van der Waals surface area contributed by atoms with E-state index in [-0.39, 0.29) is 6.61 Å². The maximum Gasteiger partial charge on any atom is 0.160 e. The summed E-state index contributed by atoms with van der Waals surface area (Å²) in [7, 11) is 0. The molecule has 1 atom stereocenters. The molecule has 90 valence electrons. The molecule has 5 heteroatoms. The summed E-state index contributed by atoms with van der Waals surface area (Å²) in [6, 6.07) is 3.84. The molecule has 0 spiro atoms. The first-order valence-electron chi connectivity index (χ1n) is 5.90. The van der Waals surface area contributed by atoms with Crippen LogP contribution in [-0.4, -0.2) is 39.5 Å². The Morgan fingerprint density at radius 2 is 2.47 bits per heavy atom. The van der Waals surface area contributed by atoms with Gasteiger partial charge in [-0.25, -0.2) is 9.97 Å². The molecular weight excluding hydrogens is 218 g/mol. The van der Waals surface area contributed by atoms with Gasteiger partial charge >= 0.3 is 0 Å². The standard InChI is InChI=1S/C12H15N3O2/c16-6-5-15-11(9-3-7-17-8-9)14-10-2-1-4-13-12(10)15/h1-2,4,9,16H,3,5-8H2. The van der Waals surface area contributed by atoms with E-state index in [0.29, 0.717) is 12.5 Å². The Kier molecular flexibility index (Phi) is 2.78. The zero-order valence-corrected chi connectivity index (χ0v) is 9.54. The number of ether oxygens (including phenoxy) is 1. The fourth-order valence-electron chi connectivity index (χ4n) is 2.35. The average molecular weight is 233 g/mol. The molecule has 3 heterocycles. The van der Waals surface area contributed by atoms with Gasteiger partial charge in [-0.1, -0.05) is 0 Å². The van der Waals surface area contributed by atoms with Gasteiger partial charge in [0.1, 0.15) is 11.3 Å². The molecule has 1 aliphatic heterocycles. The van der Waals surface area contributed by atoms with Crippen LogP contribution < -0.4 is 0 Å². The highest BCUT2D eigenvalue weighted by molar-refractivity contribution is 5.71. The summed E-state index contributed by atoms with van der Waals surface area (Å²) < 4.78 is 7.41. The fourth-order valence-corrected chi connectivity index (χ4v) is 2.35. The summed E-state index contributed by atoms with van der Waals surface area (Å²) in [4.78, 5) is 8.96. The van der Waals surface area contributed by atoms with Gasteiger partial charge < -0.3 is 14.4 Å². The minimum absolute atomic E-state index is 0.0998. The molecule has 0 amide bonds. The number of aliphatic hydroxyl groups excluding tert-OH is 1. The third-order valence-corrected chi connectivity index (χ3v) is 3.15. The van der Waals surface area contributed by atoms with Gasteiger partial charge in [0.05, 0.1) is 13.2 Å². The van der Waals surface area contributed by atoms with Crippen LogP contribution in [0.2, 0.25) is 0 Å². The Morgan fingerprint density at radius 3 is 3.24 bits per heavy atom. The lowest BCUT2D eigenvalue weighted by molar-refractivity contribution is 0.192. The highest BCUT2D eigenvalue weighted by Crippen LogP contribution is 2.27. The van der Waals surface area contributed by atoms with E-state index < -0.39 is 0 Å². The van der Waals surface area contributed by atoms with Crippen LogP contribution >= 0.6 is 0 Å². The molecule has 0 aliphatic carbocycles. The molecule has 1 N–H and O–H groups in total. The van der Waals surface area contributed by atoms with Gasteiger partial charge in [0.15, 0.2) is 5.65 Å². The Hall–Kier alpha value is -1.46. The first kappa shape index (κ1) is 10.7. The average Bonchev–Trinajstić information content (AvgIpc) is 2.97. The Labute approximate surface area is 99.1 Å². The molecule has 17 heavy (non-hydrogen) atoms. The maximum absolute atomic E-state index is 9.16. The number of nitrogens with zero attached hydrogens (tertiary/aromatic N) is 3. The first-order chi connectivity index (χ1) is 8.40. The van der Waals surface area contributed by atoms with Gasteiger partial charge in [-0.2, -0.15) is 0 Å². The number of imidazole rings is 1. The van der Waals surface area contributed by atoms with E-state index in [1.807, 2.05) is 16.7 Å². The van der Waals surface area contributed by atoms with Crippen molar-refractivity contribution in [1.29, 1.82) is 0 Å². The molecule has 2 aromatic rings. The third-order valence-electron chi connectivity index (χ3n) is 3.15. The van der Waals surface area contributed by atoms with Crippen molar-refractivity contribution >= 4 is 11.2 Å². The number of rotatable bonds is 3. The summed E-state index contributed by atoms with van der Waals surface area (Å²) in [5, 5.41) is 9.16. The molecule has 1 fully saturated rings. The third kappa shape index (κ3) is 1.81.